The molecule has 0 aliphatic carbocycles. The van der Waals surface area contributed by atoms with Crippen LogP contribution in [0.1, 0.15) is 17.2 Å². The van der Waals surface area contributed by atoms with Gasteiger partial charge in [-0.15, -0.1) is 0 Å². The van der Waals surface area contributed by atoms with Crippen molar-refractivity contribution in [2.24, 2.45) is 0 Å². The Hall–Kier alpha value is -2.87. The number of ether oxygens (including phenoxy) is 1. The van der Waals surface area contributed by atoms with E-state index in [0.717, 1.165) is 5.56 Å². The molecule has 0 bridgehead atoms. The lowest BCUT2D eigenvalue weighted by Gasteiger charge is -2.13. The maximum atomic E-state index is 12.9. The summed E-state index contributed by atoms with van der Waals surface area (Å²) >= 11 is 0. The smallest absolute Gasteiger partial charge is 0.290 e. The molecule has 2 heterocycles. The molecule has 1 aromatic carbocycles. The van der Waals surface area contributed by atoms with Gasteiger partial charge in [0, 0.05) is 19.2 Å². The van der Waals surface area contributed by atoms with Gasteiger partial charge in [-0.1, -0.05) is 12.1 Å². The van der Waals surface area contributed by atoms with E-state index in [1.54, 1.807) is 12.1 Å². The first kappa shape index (κ1) is 17.0. The Morgan fingerprint density at radius 3 is 2.72 bits per heavy atom. The van der Waals surface area contributed by atoms with Crippen LogP contribution in [0.3, 0.4) is 0 Å². The monoisotopic (exact) mass is 345 g/mol. The van der Waals surface area contributed by atoms with Crippen LogP contribution < -0.4 is 4.74 Å². The van der Waals surface area contributed by atoms with Crippen molar-refractivity contribution in [1.82, 2.24) is 14.9 Å². The second-order valence-corrected chi connectivity index (χ2v) is 5.59. The van der Waals surface area contributed by atoms with Gasteiger partial charge in [-0.25, -0.2) is 14.4 Å². The van der Waals surface area contributed by atoms with Crippen LogP contribution in [0.5, 0.6) is 5.88 Å². The van der Waals surface area contributed by atoms with Gasteiger partial charge in [0.15, 0.2) is 0 Å². The molecule has 1 aromatic heterocycles. The van der Waals surface area contributed by atoms with Gasteiger partial charge in [0.1, 0.15) is 18.8 Å². The van der Waals surface area contributed by atoms with E-state index >= 15 is 0 Å². The summed E-state index contributed by atoms with van der Waals surface area (Å²) in [5.74, 6) is -1.95. The summed E-state index contributed by atoms with van der Waals surface area (Å²) in [6, 6.07) is 7.39. The molecule has 0 spiro atoms. The minimum atomic E-state index is -0.699. The number of halogens is 1. The molecule has 1 aliphatic heterocycles. The number of benzene rings is 1. The van der Waals surface area contributed by atoms with Gasteiger partial charge in [-0.05, 0) is 17.7 Å². The van der Waals surface area contributed by atoms with Gasteiger partial charge in [-0.3, -0.25) is 9.59 Å². The number of β-amino-alcohol motifs (C(OH)–C–C–N with tert-alkyl or cyclic N) is 1. The minimum Gasteiger partial charge on any atom is -0.473 e. The lowest BCUT2D eigenvalue weighted by Crippen LogP contribution is -2.30. The van der Waals surface area contributed by atoms with Crippen molar-refractivity contribution in [3.8, 4) is 5.88 Å². The molecule has 3 rings (SSSR count). The number of carbonyl (C=O) groups excluding carboxylic acids is 2. The molecule has 1 amide bonds. The second kappa shape index (κ2) is 7.35. The normalized spacial score (nSPS) is 17.2. The highest BCUT2D eigenvalue weighted by atomic mass is 19.1. The van der Waals surface area contributed by atoms with E-state index < -0.39 is 17.6 Å². The molecule has 1 atom stereocenters. The maximum absolute atomic E-state index is 12.9. The van der Waals surface area contributed by atoms with Crippen LogP contribution in [0.2, 0.25) is 0 Å². The number of carbonyl (C=O) groups is 2. The van der Waals surface area contributed by atoms with Gasteiger partial charge in [0.2, 0.25) is 11.7 Å². The van der Waals surface area contributed by atoms with E-state index in [1.807, 2.05) is 0 Å². The predicted molar refractivity (Wildman–Crippen MR) is 84.2 cm³/mol. The SMILES string of the molecule is O=C1C(=O)N(CCO)CC1c1cc(OCc2ccc(F)cc2)ncn1. The number of aliphatic hydroxyl groups is 1. The van der Waals surface area contributed by atoms with Gasteiger partial charge in [-0.2, -0.15) is 0 Å². The average Bonchev–Trinajstić information content (AvgIpc) is 2.90. The largest absolute Gasteiger partial charge is 0.473 e. The molecule has 1 aliphatic rings. The Bertz CT molecular complexity index is 782. The minimum absolute atomic E-state index is 0.111. The van der Waals surface area contributed by atoms with Crippen LogP contribution in [0.4, 0.5) is 4.39 Å². The zero-order valence-electron chi connectivity index (χ0n) is 13.3. The first-order chi connectivity index (χ1) is 12.1. The van der Waals surface area contributed by atoms with Crippen LogP contribution >= 0.6 is 0 Å². The Morgan fingerprint density at radius 2 is 2.00 bits per heavy atom. The standard InChI is InChI=1S/C17H16FN3O4/c18-12-3-1-11(2-4-12)9-25-15-7-14(19-10-20-15)13-8-21(5-6-22)17(24)16(13)23/h1-4,7,10,13,22H,5-6,8-9H2. The number of ketones is 1. The molecule has 25 heavy (non-hydrogen) atoms. The van der Waals surface area contributed by atoms with E-state index in [-0.39, 0.29) is 38.0 Å². The summed E-state index contributed by atoms with van der Waals surface area (Å²) in [7, 11) is 0. The topological polar surface area (TPSA) is 92.6 Å². The first-order valence-electron chi connectivity index (χ1n) is 7.71. The molecular weight excluding hydrogens is 329 g/mol. The van der Waals surface area contributed by atoms with Gasteiger partial charge >= 0.3 is 0 Å². The highest BCUT2D eigenvalue weighted by molar-refractivity contribution is 6.40. The van der Waals surface area contributed by atoms with Crippen molar-refractivity contribution in [2.45, 2.75) is 12.5 Å². The molecule has 7 nitrogen and oxygen atoms in total. The number of hydrogen-bond acceptors (Lipinski definition) is 6. The van der Waals surface area contributed by atoms with Crippen LogP contribution in [0.25, 0.3) is 0 Å². The lowest BCUT2D eigenvalue weighted by molar-refractivity contribution is -0.140. The van der Waals surface area contributed by atoms with Gasteiger partial charge in [0.25, 0.3) is 5.91 Å². The number of aromatic nitrogens is 2. The average molecular weight is 345 g/mol. The van der Waals surface area contributed by atoms with Gasteiger partial charge < -0.3 is 14.7 Å². The fraction of sp³-hybridized carbons (Fsp3) is 0.294. The van der Waals surface area contributed by atoms with E-state index in [4.69, 9.17) is 9.84 Å². The molecule has 0 radical (unpaired) electrons. The molecular formula is C17H16FN3O4. The number of hydrogen-bond donors (Lipinski definition) is 1. The van der Waals surface area contributed by atoms with Crippen LogP contribution in [0, 0.1) is 5.82 Å². The number of amides is 1. The summed E-state index contributed by atoms with van der Waals surface area (Å²) in [5.41, 5.74) is 1.16. The Kier molecular flexibility index (Phi) is 4.99. The zero-order valence-corrected chi connectivity index (χ0v) is 13.3. The third kappa shape index (κ3) is 3.80. The molecule has 130 valence electrons. The van der Waals surface area contributed by atoms with Crippen LogP contribution in [0.15, 0.2) is 36.7 Å². The fourth-order valence-corrected chi connectivity index (χ4v) is 2.59. The van der Waals surface area contributed by atoms with E-state index in [0.29, 0.717) is 5.69 Å². The number of rotatable bonds is 6. The predicted octanol–water partition coefficient (Wildman–Crippen LogP) is 0.682. The van der Waals surface area contributed by atoms with Crippen LogP contribution in [-0.2, 0) is 16.2 Å². The first-order valence-corrected chi connectivity index (χ1v) is 7.71. The Morgan fingerprint density at radius 1 is 1.24 bits per heavy atom. The van der Waals surface area contributed by atoms with E-state index in [9.17, 15) is 14.0 Å². The van der Waals surface area contributed by atoms with Crippen molar-refractivity contribution in [3.05, 3.63) is 53.7 Å². The molecule has 0 saturated carbocycles. The second-order valence-electron chi connectivity index (χ2n) is 5.59. The van der Waals surface area contributed by atoms with Crippen molar-refractivity contribution in [3.63, 3.8) is 0 Å². The molecule has 1 unspecified atom stereocenters. The molecule has 1 saturated heterocycles. The van der Waals surface area contributed by atoms with E-state index in [2.05, 4.69) is 9.97 Å². The third-order valence-corrected chi connectivity index (χ3v) is 3.91. The molecule has 8 heteroatoms. The zero-order chi connectivity index (χ0) is 17.8. The quantitative estimate of drug-likeness (QED) is 0.774. The molecule has 2 aromatic rings. The summed E-state index contributed by atoms with van der Waals surface area (Å²) in [5, 5.41) is 8.95. The van der Waals surface area contributed by atoms with Crippen molar-refractivity contribution >= 4 is 11.7 Å². The fourth-order valence-electron chi connectivity index (χ4n) is 2.59. The van der Waals surface area contributed by atoms with Crippen molar-refractivity contribution in [1.29, 1.82) is 0 Å². The lowest BCUT2D eigenvalue weighted by atomic mass is 10.0. The van der Waals surface area contributed by atoms with E-state index in [1.165, 1.54) is 29.4 Å². The maximum Gasteiger partial charge on any atom is 0.290 e. The number of likely N-dealkylation sites (tertiary alicyclic amines) is 1. The number of aliphatic hydroxyl groups excluding tert-OH is 1. The highest BCUT2D eigenvalue weighted by Gasteiger charge is 2.40. The summed E-state index contributed by atoms with van der Waals surface area (Å²) in [6.07, 6.45) is 1.27. The molecule has 1 N–H and O–H groups in total. The van der Waals surface area contributed by atoms with Crippen molar-refractivity contribution in [2.75, 3.05) is 19.7 Å². The number of nitrogens with zero attached hydrogens (tertiary/aromatic N) is 3. The number of Topliss-reactive ketones (excluding diaryl/α,β-unsaturated/α-hetero) is 1. The molecule has 1 fully saturated rings. The summed E-state index contributed by atoms with van der Waals surface area (Å²) < 4.78 is 18.4. The third-order valence-electron chi connectivity index (χ3n) is 3.91. The Balaban J connectivity index is 1.70. The van der Waals surface area contributed by atoms with Crippen LogP contribution in [-0.4, -0.2) is 51.4 Å². The van der Waals surface area contributed by atoms with Crippen molar-refractivity contribution < 1.29 is 23.8 Å². The van der Waals surface area contributed by atoms with Gasteiger partial charge in [0.05, 0.1) is 18.2 Å². The summed E-state index contributed by atoms with van der Waals surface area (Å²) in [4.78, 5) is 33.3. The Labute approximate surface area is 143 Å². The summed E-state index contributed by atoms with van der Waals surface area (Å²) in [6.45, 7) is 0.263. The highest BCUT2D eigenvalue weighted by Crippen LogP contribution is 2.25.